The molecule has 0 N–H and O–H groups in total. The molecule has 528 valence electrons. The van der Waals surface area contributed by atoms with E-state index in [0.717, 1.165) is 92.4 Å². The molecule has 4 aliphatic rings. The van der Waals surface area contributed by atoms with Gasteiger partial charge in [0.25, 0.3) is 0 Å². The van der Waals surface area contributed by atoms with Crippen LogP contribution in [0.1, 0.15) is 111 Å². The van der Waals surface area contributed by atoms with Gasteiger partial charge in [-0.2, -0.15) is 0 Å². The van der Waals surface area contributed by atoms with Gasteiger partial charge in [0.15, 0.2) is 46.0 Å². The molecule has 10 aromatic rings. The lowest BCUT2D eigenvalue weighted by Gasteiger charge is -2.19. The molecule has 0 amide bonds. The summed E-state index contributed by atoms with van der Waals surface area (Å²) >= 11 is 0. The standard InChI is InChI=1S/C92H88O12/c1-93-81-49-69(50-82(94-2)89(81)101-9)33-29-61-13-21-65(22-14-61)37-41-73-57-78-47-48-80-60-75(43-39-67-25-17-63(18-26-67)31-35-71-53-85(97-5)91(103-11)86(54-71)98-6)79(59-76(80)44-40-68-27-19-64(20-28-68)32-36-72-55-87(99-7)92(104-12)88(56-72)100-8)46-45-77(73)58-74(78)42-38-66-23-15-62(16-24-66)30-34-70-51-83(95-3)90(102-10)84(52-70)96-4/h13-44,49-60H,45-48H2,1-12H3/b33-29+,34-30+,35-31+,36-32+,41-37-,42-38+,43-39+,44-40+. The quantitative estimate of drug-likeness (QED) is 0.0435. The summed E-state index contributed by atoms with van der Waals surface area (Å²) in [6.07, 6.45) is 37.8. The van der Waals surface area contributed by atoms with E-state index in [0.29, 0.717) is 69.0 Å². The van der Waals surface area contributed by atoms with Crippen molar-refractivity contribution in [2.24, 2.45) is 0 Å². The third-order valence-corrected chi connectivity index (χ3v) is 18.3. The minimum absolute atomic E-state index is 0.558. The molecular formula is C92H88O12. The predicted molar refractivity (Wildman–Crippen MR) is 429 cm³/mol. The molecule has 0 spiro atoms. The summed E-state index contributed by atoms with van der Waals surface area (Å²) in [6, 6.07) is 59.6. The first kappa shape index (κ1) is 73.0. The Bertz CT molecular complexity index is 4170. The van der Waals surface area contributed by atoms with Gasteiger partial charge < -0.3 is 56.8 Å². The Balaban J connectivity index is 0.925. The van der Waals surface area contributed by atoms with E-state index in [1.807, 2.05) is 72.8 Å². The minimum Gasteiger partial charge on any atom is -0.493 e. The van der Waals surface area contributed by atoms with Crippen LogP contribution in [-0.2, 0) is 25.7 Å². The Morgan fingerprint density at radius 1 is 0.163 bits per heavy atom. The molecule has 0 radical (unpaired) electrons. The van der Waals surface area contributed by atoms with Crippen LogP contribution >= 0.6 is 0 Å². The normalized spacial score (nSPS) is 12.3. The zero-order chi connectivity index (χ0) is 72.9. The Morgan fingerprint density at radius 3 is 0.433 bits per heavy atom. The lowest BCUT2D eigenvalue weighted by atomic mass is 9.86. The topological polar surface area (TPSA) is 111 Å². The fourth-order valence-corrected chi connectivity index (χ4v) is 12.7. The van der Waals surface area contributed by atoms with Crippen LogP contribution in [0.15, 0.2) is 170 Å². The highest BCUT2D eigenvalue weighted by Gasteiger charge is 2.19. The van der Waals surface area contributed by atoms with E-state index < -0.39 is 0 Å². The van der Waals surface area contributed by atoms with Gasteiger partial charge in [-0.1, -0.05) is 219 Å². The van der Waals surface area contributed by atoms with Gasteiger partial charge in [-0.15, -0.1) is 0 Å². The maximum absolute atomic E-state index is 5.62. The van der Waals surface area contributed by atoms with Crippen molar-refractivity contribution in [2.45, 2.75) is 25.7 Å². The summed E-state index contributed by atoms with van der Waals surface area (Å²) in [7, 11) is 19.4. The lowest BCUT2D eigenvalue weighted by molar-refractivity contribution is 0.324. The highest BCUT2D eigenvalue weighted by molar-refractivity contribution is 5.83. The lowest BCUT2D eigenvalue weighted by Crippen LogP contribution is -2.05. The second-order valence-corrected chi connectivity index (χ2v) is 24.7. The molecule has 10 aromatic carbocycles. The molecule has 0 aromatic heterocycles. The van der Waals surface area contributed by atoms with Crippen molar-refractivity contribution in [3.63, 3.8) is 0 Å². The summed E-state index contributed by atoms with van der Waals surface area (Å²) in [4.78, 5) is 0. The van der Waals surface area contributed by atoms with Crippen LogP contribution in [0.5, 0.6) is 69.0 Å². The van der Waals surface area contributed by atoms with Crippen molar-refractivity contribution in [3.8, 4) is 69.0 Å². The Labute approximate surface area is 611 Å². The van der Waals surface area contributed by atoms with Gasteiger partial charge in [-0.05, 0) is 185 Å². The number of benzene rings is 10. The Kier molecular flexibility index (Phi) is 24.8. The van der Waals surface area contributed by atoms with Crippen LogP contribution in [-0.4, -0.2) is 85.3 Å². The maximum atomic E-state index is 5.62. The zero-order valence-electron chi connectivity index (χ0n) is 61.1. The number of rotatable bonds is 28. The second kappa shape index (κ2) is 35.4. The van der Waals surface area contributed by atoms with Gasteiger partial charge in [0.1, 0.15) is 0 Å². The number of ether oxygens (including phenoxy) is 12. The first-order valence-corrected chi connectivity index (χ1v) is 34.3. The van der Waals surface area contributed by atoms with Crippen molar-refractivity contribution in [3.05, 3.63) is 281 Å². The Hall–Kier alpha value is -12.3. The molecule has 4 aliphatic carbocycles. The van der Waals surface area contributed by atoms with Gasteiger partial charge in [0.05, 0.1) is 85.3 Å². The molecule has 0 saturated heterocycles. The summed E-state index contributed by atoms with van der Waals surface area (Å²) < 4.78 is 67.2. The third-order valence-electron chi connectivity index (χ3n) is 18.3. The summed E-state index contributed by atoms with van der Waals surface area (Å²) in [5, 5.41) is 0. The molecular weight excluding hydrogens is 1300 g/mol. The number of hydrogen-bond donors (Lipinski definition) is 0. The van der Waals surface area contributed by atoms with Gasteiger partial charge >= 0.3 is 0 Å². The van der Waals surface area contributed by atoms with E-state index in [9.17, 15) is 0 Å². The molecule has 4 bridgehead atoms. The molecule has 0 heterocycles. The van der Waals surface area contributed by atoms with Crippen LogP contribution in [0.3, 0.4) is 0 Å². The number of aryl methyl sites for hydroxylation is 4. The smallest absolute Gasteiger partial charge is 0.203 e. The number of methoxy groups -OCH3 is 12. The molecule has 12 heteroatoms. The summed E-state index contributed by atoms with van der Waals surface area (Å²) in [5.41, 5.74) is 22.1. The molecule has 0 unspecified atom stereocenters. The van der Waals surface area contributed by atoms with E-state index in [-0.39, 0.29) is 0 Å². The summed E-state index contributed by atoms with van der Waals surface area (Å²) in [6.45, 7) is 0. The van der Waals surface area contributed by atoms with Crippen LogP contribution in [0, 0.1) is 0 Å². The van der Waals surface area contributed by atoms with Crippen LogP contribution in [0.2, 0.25) is 0 Å². The SMILES string of the molecule is COc1cc(/C=C/c2ccc(/C=C\c3cc4c(/C=C/c5ccc(/C=C/c6cc(OC)c(OC)c(OC)c6)cc5)cc3CCc3cc(/C=C/c5ccc(/C=C/c6cc(OC)c(OC)c(OC)c6)cc5)c(cc3/C=C/c3ccc(/C=C/c5cc(OC)c(OC)c(OC)c5)cc3)CC4)cc2)cc(OC)c1OC. The first-order chi connectivity index (χ1) is 50.9. The van der Waals surface area contributed by atoms with Gasteiger partial charge in [-0.3, -0.25) is 0 Å². The van der Waals surface area contributed by atoms with Crippen molar-refractivity contribution in [1.82, 2.24) is 0 Å². The number of hydrogen-bond acceptors (Lipinski definition) is 12. The van der Waals surface area contributed by atoms with Gasteiger partial charge in [0.2, 0.25) is 23.0 Å². The average molecular weight is 1390 g/mol. The van der Waals surface area contributed by atoms with Crippen molar-refractivity contribution < 1.29 is 56.8 Å². The van der Waals surface area contributed by atoms with E-state index in [1.165, 1.54) is 44.5 Å². The molecule has 14 rings (SSSR count). The van der Waals surface area contributed by atoms with Crippen LogP contribution < -0.4 is 56.8 Å². The van der Waals surface area contributed by atoms with E-state index >= 15 is 0 Å². The van der Waals surface area contributed by atoms with Crippen LogP contribution in [0.25, 0.3) is 97.2 Å². The van der Waals surface area contributed by atoms with Gasteiger partial charge in [-0.25, -0.2) is 0 Å². The van der Waals surface area contributed by atoms with Crippen molar-refractivity contribution >= 4 is 97.2 Å². The molecule has 0 saturated carbocycles. The van der Waals surface area contributed by atoms with E-state index in [4.69, 9.17) is 56.8 Å². The average Bonchev–Trinajstić information content (AvgIpc) is 0.792. The van der Waals surface area contributed by atoms with Crippen molar-refractivity contribution in [2.75, 3.05) is 85.3 Å². The third kappa shape index (κ3) is 18.1. The molecule has 0 fully saturated rings. The summed E-state index contributed by atoms with van der Waals surface area (Å²) in [5.74, 6) is 7.06. The monoisotopic (exact) mass is 1380 g/mol. The largest absolute Gasteiger partial charge is 0.493 e. The van der Waals surface area contributed by atoms with Crippen molar-refractivity contribution in [1.29, 1.82) is 0 Å². The van der Waals surface area contributed by atoms with E-state index in [1.54, 1.807) is 85.3 Å². The van der Waals surface area contributed by atoms with Gasteiger partial charge in [0, 0.05) is 0 Å². The second-order valence-electron chi connectivity index (χ2n) is 24.7. The minimum atomic E-state index is 0.558. The fourth-order valence-electron chi connectivity index (χ4n) is 12.7. The molecule has 104 heavy (non-hydrogen) atoms. The molecule has 0 atom stereocenters. The fraction of sp³-hybridized carbons (Fsp3) is 0.174. The zero-order valence-corrected chi connectivity index (χ0v) is 61.1. The Morgan fingerprint density at radius 2 is 0.298 bits per heavy atom. The maximum Gasteiger partial charge on any atom is 0.203 e. The van der Waals surface area contributed by atoms with E-state index in [2.05, 4.69) is 194 Å². The highest BCUT2D eigenvalue weighted by atomic mass is 16.5. The van der Waals surface area contributed by atoms with Crippen LogP contribution in [0.4, 0.5) is 0 Å². The molecule has 12 nitrogen and oxygen atoms in total. The molecule has 0 aliphatic heterocycles. The predicted octanol–water partition coefficient (Wildman–Crippen LogP) is 21.0. The first-order valence-electron chi connectivity index (χ1n) is 34.3. The highest BCUT2D eigenvalue weighted by Crippen LogP contribution is 2.43.